The first-order chi connectivity index (χ1) is 11.9. The van der Waals surface area contributed by atoms with Crippen molar-refractivity contribution in [2.75, 3.05) is 19.0 Å². The van der Waals surface area contributed by atoms with E-state index in [0.717, 1.165) is 6.42 Å². The SMILES string of the molecule is CCCCO[C@@H]1O[C@H](C(O)NC(=O)N(CCCl)N=O)[C@@H](O)[C@H](O)[C@H]1O. The van der Waals surface area contributed by atoms with E-state index in [1.54, 1.807) is 0 Å². The molecule has 0 bridgehead atoms. The van der Waals surface area contributed by atoms with Crippen molar-refractivity contribution in [1.82, 2.24) is 10.3 Å². The van der Waals surface area contributed by atoms with Gasteiger partial charge >= 0.3 is 6.03 Å². The molecule has 12 heteroatoms. The average molecular weight is 386 g/mol. The number of urea groups is 1. The van der Waals surface area contributed by atoms with Crippen LogP contribution in [0.2, 0.25) is 0 Å². The summed E-state index contributed by atoms with van der Waals surface area (Å²) in [5.74, 6) is -0.0595. The monoisotopic (exact) mass is 385 g/mol. The number of nitrogens with zero attached hydrogens (tertiary/aromatic N) is 2. The number of unbranched alkanes of at least 4 members (excludes halogenated alkanes) is 1. The number of nitroso groups, excluding NO2 is 1. The van der Waals surface area contributed by atoms with Gasteiger partial charge in [-0.15, -0.1) is 16.5 Å². The lowest BCUT2D eigenvalue weighted by Crippen LogP contribution is -2.64. The topological polar surface area (TPSA) is 161 Å². The molecule has 2 amide bonds. The van der Waals surface area contributed by atoms with E-state index in [1.165, 1.54) is 0 Å². The van der Waals surface area contributed by atoms with Crippen molar-refractivity contribution in [2.45, 2.75) is 56.7 Å². The number of carbonyl (C=O) groups is 1. The molecular weight excluding hydrogens is 362 g/mol. The molecule has 1 fully saturated rings. The first kappa shape index (κ1) is 22.0. The fourth-order valence-electron chi connectivity index (χ4n) is 2.16. The van der Waals surface area contributed by atoms with E-state index in [9.17, 15) is 30.1 Å². The highest BCUT2D eigenvalue weighted by molar-refractivity contribution is 6.18. The molecule has 1 saturated heterocycles. The molecule has 0 aliphatic carbocycles. The number of nitrogens with one attached hydrogen (secondary N) is 1. The molecule has 25 heavy (non-hydrogen) atoms. The van der Waals surface area contributed by atoms with Crippen LogP contribution in [0.1, 0.15) is 19.8 Å². The Labute approximate surface area is 149 Å². The van der Waals surface area contributed by atoms with Gasteiger partial charge in [-0.2, -0.15) is 5.01 Å². The molecule has 1 aliphatic rings. The normalized spacial score (nSPS) is 30.6. The van der Waals surface area contributed by atoms with Gasteiger partial charge in [-0.1, -0.05) is 13.3 Å². The predicted molar refractivity (Wildman–Crippen MR) is 85.3 cm³/mol. The van der Waals surface area contributed by atoms with Gasteiger partial charge in [0.15, 0.2) is 12.5 Å². The van der Waals surface area contributed by atoms with Crippen LogP contribution < -0.4 is 5.32 Å². The number of carbonyl (C=O) groups excluding carboxylic acids is 1. The number of halogens is 1. The minimum absolute atomic E-state index is 0.0595. The molecule has 1 rings (SSSR count). The van der Waals surface area contributed by atoms with Gasteiger partial charge < -0.3 is 35.2 Å². The molecule has 1 heterocycles. The largest absolute Gasteiger partial charge is 0.387 e. The van der Waals surface area contributed by atoms with Crippen molar-refractivity contribution in [1.29, 1.82) is 0 Å². The summed E-state index contributed by atoms with van der Waals surface area (Å²) < 4.78 is 10.5. The molecule has 0 radical (unpaired) electrons. The van der Waals surface area contributed by atoms with Crippen molar-refractivity contribution < 1.29 is 34.7 Å². The van der Waals surface area contributed by atoms with Crippen LogP contribution in [0.15, 0.2) is 5.29 Å². The lowest BCUT2D eigenvalue weighted by Gasteiger charge is -2.41. The van der Waals surface area contributed by atoms with E-state index in [4.69, 9.17) is 21.1 Å². The quantitative estimate of drug-likeness (QED) is 0.109. The standard InChI is InChI=1S/C13H24ClN3O8/c1-2-3-6-24-12-9(20)7(18)8(19)10(25-12)11(21)15-13(22)17(16-23)5-4-14/h7-12,18-21H,2-6H2,1H3,(H,15,22)/t7-,8-,9+,10-,11?,12+/m0/s1. The first-order valence-corrected chi connectivity index (χ1v) is 8.37. The first-order valence-electron chi connectivity index (χ1n) is 7.83. The van der Waals surface area contributed by atoms with Crippen molar-refractivity contribution in [3.8, 4) is 0 Å². The number of hydrogen-bond donors (Lipinski definition) is 5. The summed E-state index contributed by atoms with van der Waals surface area (Å²) in [7, 11) is 0. The second-order valence-corrected chi connectivity index (χ2v) is 5.83. The van der Waals surface area contributed by atoms with Crippen LogP contribution in [0.3, 0.4) is 0 Å². The van der Waals surface area contributed by atoms with Gasteiger partial charge in [-0.3, -0.25) is 0 Å². The number of amides is 2. The highest BCUT2D eigenvalue weighted by Crippen LogP contribution is 2.24. The minimum Gasteiger partial charge on any atom is -0.387 e. The number of aliphatic hydroxyl groups excluding tert-OH is 4. The highest BCUT2D eigenvalue weighted by atomic mass is 35.5. The average Bonchev–Trinajstić information content (AvgIpc) is 2.59. The molecule has 1 aliphatic heterocycles. The number of alkyl halides is 1. The van der Waals surface area contributed by atoms with E-state index < -0.39 is 43.0 Å². The zero-order valence-corrected chi connectivity index (χ0v) is 14.4. The Balaban J connectivity index is 2.72. The summed E-state index contributed by atoms with van der Waals surface area (Å²) in [6.07, 6.45) is -8.01. The van der Waals surface area contributed by atoms with Crippen LogP contribution in [0.25, 0.3) is 0 Å². The molecule has 146 valence electrons. The summed E-state index contributed by atoms with van der Waals surface area (Å²) >= 11 is 5.42. The van der Waals surface area contributed by atoms with Gasteiger partial charge in [0.05, 0.1) is 11.8 Å². The summed E-state index contributed by atoms with van der Waals surface area (Å²) in [5.41, 5.74) is 0. The molecule has 6 atom stereocenters. The van der Waals surface area contributed by atoms with Crippen LogP contribution in [0.4, 0.5) is 4.79 Å². The van der Waals surface area contributed by atoms with Crippen molar-refractivity contribution in [3.63, 3.8) is 0 Å². The molecule has 0 aromatic heterocycles. The third-order valence-corrected chi connectivity index (χ3v) is 3.77. The van der Waals surface area contributed by atoms with Crippen LogP contribution in [0, 0.1) is 4.91 Å². The van der Waals surface area contributed by atoms with Crippen LogP contribution in [-0.4, -0.2) is 87.4 Å². The molecule has 11 nitrogen and oxygen atoms in total. The molecule has 0 saturated carbocycles. The maximum Gasteiger partial charge on any atom is 0.342 e. The van der Waals surface area contributed by atoms with E-state index >= 15 is 0 Å². The van der Waals surface area contributed by atoms with Gasteiger partial charge in [0, 0.05) is 12.5 Å². The zero-order valence-electron chi connectivity index (χ0n) is 13.7. The Morgan fingerprint density at radius 2 is 2.04 bits per heavy atom. The number of hydrogen-bond acceptors (Lipinski definition) is 9. The van der Waals surface area contributed by atoms with E-state index in [2.05, 4.69) is 5.29 Å². The van der Waals surface area contributed by atoms with Crippen molar-refractivity contribution in [2.24, 2.45) is 5.29 Å². The molecule has 5 N–H and O–H groups in total. The number of aliphatic hydroxyl groups is 4. The summed E-state index contributed by atoms with van der Waals surface area (Å²) in [5, 5.41) is 44.7. The maximum absolute atomic E-state index is 11.8. The highest BCUT2D eigenvalue weighted by Gasteiger charge is 2.47. The predicted octanol–water partition coefficient (Wildman–Crippen LogP) is -1.14. The fraction of sp³-hybridized carbons (Fsp3) is 0.923. The van der Waals surface area contributed by atoms with Gasteiger partial charge in [-0.05, 0) is 6.42 Å². The molecule has 0 aromatic carbocycles. The Kier molecular flexibility index (Phi) is 9.50. The van der Waals surface area contributed by atoms with Crippen molar-refractivity contribution >= 4 is 17.6 Å². The second-order valence-electron chi connectivity index (χ2n) is 5.45. The van der Waals surface area contributed by atoms with E-state index in [-0.39, 0.29) is 19.0 Å². The van der Waals surface area contributed by atoms with Gasteiger partial charge in [0.1, 0.15) is 24.4 Å². The Hall–Kier alpha value is -1.08. The lowest BCUT2D eigenvalue weighted by atomic mass is 9.98. The summed E-state index contributed by atoms with van der Waals surface area (Å²) in [4.78, 5) is 22.3. The van der Waals surface area contributed by atoms with Gasteiger partial charge in [0.2, 0.25) is 0 Å². The van der Waals surface area contributed by atoms with E-state index in [1.807, 2.05) is 12.2 Å². The second kappa shape index (κ2) is 10.8. The molecule has 0 spiro atoms. The summed E-state index contributed by atoms with van der Waals surface area (Å²) in [6, 6.07) is -1.07. The van der Waals surface area contributed by atoms with Crippen molar-refractivity contribution in [3.05, 3.63) is 4.91 Å². The molecular formula is C13H24ClN3O8. The van der Waals surface area contributed by atoms with E-state index in [0.29, 0.717) is 11.4 Å². The molecule has 1 unspecified atom stereocenters. The van der Waals surface area contributed by atoms with Gasteiger partial charge in [0.25, 0.3) is 0 Å². The maximum atomic E-state index is 11.8. The van der Waals surface area contributed by atoms with Crippen LogP contribution in [0.5, 0.6) is 0 Å². The Bertz CT molecular complexity index is 432. The Morgan fingerprint density at radius 3 is 2.60 bits per heavy atom. The lowest BCUT2D eigenvalue weighted by molar-refractivity contribution is -0.311. The van der Waals surface area contributed by atoms with Crippen LogP contribution >= 0.6 is 11.6 Å². The van der Waals surface area contributed by atoms with Crippen LogP contribution in [-0.2, 0) is 9.47 Å². The third kappa shape index (κ3) is 5.99. The minimum atomic E-state index is -1.80. The number of rotatable bonds is 9. The Morgan fingerprint density at radius 1 is 1.36 bits per heavy atom. The smallest absolute Gasteiger partial charge is 0.342 e. The van der Waals surface area contributed by atoms with Gasteiger partial charge in [-0.25, -0.2) is 4.79 Å². The third-order valence-electron chi connectivity index (χ3n) is 3.60. The fourth-order valence-corrected chi connectivity index (χ4v) is 2.32. The number of ether oxygens (including phenoxy) is 2. The zero-order chi connectivity index (χ0) is 19.0. The summed E-state index contributed by atoms with van der Waals surface area (Å²) in [6.45, 7) is 1.96. The molecule has 0 aromatic rings.